The highest BCUT2D eigenvalue weighted by atomic mass is 32.2. The van der Waals surface area contributed by atoms with Crippen LogP contribution in [0.1, 0.15) is 5.56 Å². The predicted octanol–water partition coefficient (Wildman–Crippen LogP) is 4.28. The summed E-state index contributed by atoms with van der Waals surface area (Å²) in [7, 11) is 0. The number of benzene rings is 1. The van der Waals surface area contributed by atoms with Gasteiger partial charge in [0.25, 0.3) is 0 Å². The number of pyridine rings is 1. The molecule has 0 saturated heterocycles. The molecule has 0 radical (unpaired) electrons. The topological polar surface area (TPSA) is 41.6 Å². The van der Waals surface area contributed by atoms with E-state index in [0.29, 0.717) is 0 Å². The van der Waals surface area contributed by atoms with Gasteiger partial charge in [0.2, 0.25) is 0 Å². The number of hydrogen-bond donors (Lipinski definition) is 1. The Bertz CT molecular complexity index is 705. The predicted molar refractivity (Wildman–Crippen MR) is 88.0 cm³/mol. The van der Waals surface area contributed by atoms with Gasteiger partial charge in [0, 0.05) is 29.9 Å². The van der Waals surface area contributed by atoms with Crippen LogP contribution in [0.2, 0.25) is 0 Å². The molecule has 0 atom stereocenters. The van der Waals surface area contributed by atoms with Crippen LogP contribution in [0, 0.1) is 0 Å². The first kappa shape index (κ1) is 13.6. The third kappa shape index (κ3) is 3.61. The maximum Gasteiger partial charge on any atom is 0.107 e. The zero-order chi connectivity index (χ0) is 14.3. The van der Waals surface area contributed by atoms with Crippen LogP contribution >= 0.6 is 11.8 Å². The fourth-order valence-electron chi connectivity index (χ4n) is 1.98. The summed E-state index contributed by atoms with van der Waals surface area (Å²) in [6, 6.07) is 14.3. The van der Waals surface area contributed by atoms with Crippen molar-refractivity contribution < 1.29 is 0 Å². The van der Waals surface area contributed by atoms with E-state index in [0.717, 1.165) is 21.9 Å². The van der Waals surface area contributed by atoms with Crippen molar-refractivity contribution in [3.05, 3.63) is 72.7 Å². The van der Waals surface area contributed by atoms with Crippen LogP contribution in [-0.4, -0.2) is 20.9 Å². The van der Waals surface area contributed by atoms with Gasteiger partial charge in [-0.15, -0.1) is 11.8 Å². The van der Waals surface area contributed by atoms with E-state index in [2.05, 4.69) is 39.5 Å². The summed E-state index contributed by atoms with van der Waals surface area (Å²) in [6.07, 6.45) is 9.84. The van der Waals surface area contributed by atoms with Crippen LogP contribution < -0.4 is 0 Å². The molecule has 104 valence electrons. The Morgan fingerprint density at radius 1 is 1.10 bits per heavy atom. The maximum absolute atomic E-state index is 4.31. The number of aromatic amines is 1. The molecule has 2 aromatic heterocycles. The summed E-state index contributed by atoms with van der Waals surface area (Å²) in [5.74, 6) is 0.904. The number of nitrogens with zero attached hydrogens (tertiary/aromatic N) is 2. The van der Waals surface area contributed by atoms with E-state index >= 15 is 0 Å². The van der Waals surface area contributed by atoms with E-state index < -0.39 is 0 Å². The van der Waals surface area contributed by atoms with Crippen molar-refractivity contribution >= 4 is 17.8 Å². The second-order valence-electron chi connectivity index (χ2n) is 4.46. The Labute approximate surface area is 128 Å². The van der Waals surface area contributed by atoms with Gasteiger partial charge in [-0.1, -0.05) is 42.5 Å². The van der Waals surface area contributed by atoms with Crippen molar-refractivity contribution in [3.8, 4) is 11.3 Å². The number of rotatable bonds is 5. The Kier molecular flexibility index (Phi) is 4.49. The van der Waals surface area contributed by atoms with Crippen molar-refractivity contribution in [1.82, 2.24) is 15.2 Å². The second kappa shape index (κ2) is 6.90. The van der Waals surface area contributed by atoms with Crippen LogP contribution in [0.5, 0.6) is 0 Å². The van der Waals surface area contributed by atoms with Crippen molar-refractivity contribution in [2.24, 2.45) is 0 Å². The average Bonchev–Trinajstić information content (AvgIpc) is 3.02. The summed E-state index contributed by atoms with van der Waals surface area (Å²) < 4.78 is 0. The fourth-order valence-corrected chi connectivity index (χ4v) is 2.79. The van der Waals surface area contributed by atoms with Crippen LogP contribution in [0.3, 0.4) is 0 Å². The zero-order valence-corrected chi connectivity index (χ0v) is 12.3. The van der Waals surface area contributed by atoms with Gasteiger partial charge < -0.3 is 0 Å². The second-order valence-corrected chi connectivity index (χ2v) is 5.53. The van der Waals surface area contributed by atoms with Gasteiger partial charge in [0.15, 0.2) is 0 Å². The highest BCUT2D eigenvalue weighted by Gasteiger charge is 2.07. The third-order valence-corrected chi connectivity index (χ3v) is 3.97. The molecule has 3 nitrogen and oxygen atoms in total. The molecule has 0 fully saturated rings. The quantitative estimate of drug-likeness (QED) is 0.714. The molecule has 0 amide bonds. The Hall–Kier alpha value is -2.33. The first-order valence-corrected chi connectivity index (χ1v) is 7.70. The minimum absolute atomic E-state index is 0.904. The summed E-state index contributed by atoms with van der Waals surface area (Å²) in [6.45, 7) is 0. The average molecular weight is 293 g/mol. The minimum atomic E-state index is 0.904. The van der Waals surface area contributed by atoms with E-state index in [1.165, 1.54) is 5.56 Å². The lowest BCUT2D eigenvalue weighted by molar-refractivity contribution is 1.09. The molecule has 2 heterocycles. The van der Waals surface area contributed by atoms with Gasteiger partial charge in [-0.3, -0.25) is 10.1 Å². The Morgan fingerprint density at radius 3 is 2.81 bits per heavy atom. The highest BCUT2D eigenvalue weighted by Crippen LogP contribution is 2.28. The monoisotopic (exact) mass is 293 g/mol. The van der Waals surface area contributed by atoms with Gasteiger partial charge in [0.1, 0.15) is 5.69 Å². The Morgan fingerprint density at radius 2 is 2.00 bits per heavy atom. The van der Waals surface area contributed by atoms with Crippen molar-refractivity contribution in [2.75, 3.05) is 5.75 Å². The van der Waals surface area contributed by atoms with Crippen LogP contribution in [0.15, 0.2) is 72.0 Å². The summed E-state index contributed by atoms with van der Waals surface area (Å²) >= 11 is 1.76. The molecule has 3 rings (SSSR count). The van der Waals surface area contributed by atoms with E-state index in [1.54, 1.807) is 18.0 Å². The lowest BCUT2D eigenvalue weighted by Gasteiger charge is -2.00. The minimum Gasteiger partial charge on any atom is -0.284 e. The van der Waals surface area contributed by atoms with E-state index in [-0.39, 0.29) is 0 Å². The van der Waals surface area contributed by atoms with Crippen molar-refractivity contribution in [3.63, 3.8) is 0 Å². The Balaban J connectivity index is 1.65. The number of H-pyrrole nitrogens is 1. The molecule has 0 bridgehead atoms. The first-order valence-electron chi connectivity index (χ1n) is 6.72. The number of thioether (sulfide) groups is 1. The molecule has 0 aliphatic heterocycles. The molecular weight excluding hydrogens is 278 g/mol. The summed E-state index contributed by atoms with van der Waals surface area (Å²) in [5.41, 5.74) is 3.22. The summed E-state index contributed by atoms with van der Waals surface area (Å²) in [4.78, 5) is 5.28. The molecule has 21 heavy (non-hydrogen) atoms. The van der Waals surface area contributed by atoms with Gasteiger partial charge in [-0.2, -0.15) is 5.10 Å². The van der Waals surface area contributed by atoms with Crippen molar-refractivity contribution in [1.29, 1.82) is 0 Å². The van der Waals surface area contributed by atoms with Crippen LogP contribution in [0.4, 0.5) is 0 Å². The van der Waals surface area contributed by atoms with Gasteiger partial charge >= 0.3 is 0 Å². The molecular formula is C17H15N3S. The standard InChI is InChI=1S/C17H15N3S/c1-2-6-14(7-3-1)8-5-11-21-16-13-19-20-17(16)15-9-4-10-18-12-15/h1-10,12-13H,11H2,(H,19,20)/b8-5+. The van der Waals surface area contributed by atoms with Gasteiger partial charge in [-0.25, -0.2) is 0 Å². The summed E-state index contributed by atoms with van der Waals surface area (Å²) in [5, 5.41) is 7.25. The van der Waals surface area contributed by atoms with Gasteiger partial charge in [0.05, 0.1) is 4.90 Å². The van der Waals surface area contributed by atoms with E-state index in [1.807, 2.05) is 42.7 Å². The molecule has 1 N–H and O–H groups in total. The molecule has 4 heteroatoms. The molecule has 0 aliphatic rings. The molecule has 0 spiro atoms. The number of nitrogens with one attached hydrogen (secondary N) is 1. The molecule has 0 saturated carbocycles. The largest absolute Gasteiger partial charge is 0.284 e. The van der Waals surface area contributed by atoms with E-state index in [9.17, 15) is 0 Å². The van der Waals surface area contributed by atoms with Crippen LogP contribution in [0.25, 0.3) is 17.3 Å². The normalized spacial score (nSPS) is 11.0. The number of aromatic nitrogens is 3. The van der Waals surface area contributed by atoms with Gasteiger partial charge in [-0.05, 0) is 17.7 Å². The highest BCUT2D eigenvalue weighted by molar-refractivity contribution is 7.99. The third-order valence-electron chi connectivity index (χ3n) is 2.99. The number of hydrogen-bond acceptors (Lipinski definition) is 3. The lowest BCUT2D eigenvalue weighted by Crippen LogP contribution is -1.82. The SMILES string of the molecule is C(=C\c1ccccc1)/CSc1c[nH]nc1-c1cccnc1. The first-order chi connectivity index (χ1) is 10.4. The van der Waals surface area contributed by atoms with Crippen molar-refractivity contribution in [2.45, 2.75) is 4.90 Å². The molecule has 3 aromatic rings. The van der Waals surface area contributed by atoms with Crippen LogP contribution in [-0.2, 0) is 0 Å². The maximum atomic E-state index is 4.31. The van der Waals surface area contributed by atoms with E-state index in [4.69, 9.17) is 0 Å². The fraction of sp³-hybridized carbons (Fsp3) is 0.0588. The lowest BCUT2D eigenvalue weighted by atomic mass is 10.2. The smallest absolute Gasteiger partial charge is 0.107 e. The molecule has 0 unspecified atom stereocenters. The molecule has 0 aliphatic carbocycles. The molecule has 1 aromatic carbocycles. The zero-order valence-electron chi connectivity index (χ0n) is 11.4.